The van der Waals surface area contributed by atoms with Gasteiger partial charge in [0.2, 0.25) is 21.9 Å². The van der Waals surface area contributed by atoms with Crippen molar-refractivity contribution < 1.29 is 13.2 Å². The molecule has 2 N–H and O–H groups in total. The maximum atomic E-state index is 11.3. The van der Waals surface area contributed by atoms with Gasteiger partial charge < -0.3 is 10.1 Å². The normalized spacial score (nSPS) is 11.1. The minimum absolute atomic E-state index is 0.366. The van der Waals surface area contributed by atoms with Crippen molar-refractivity contribution in [3.63, 3.8) is 0 Å². The van der Waals surface area contributed by atoms with Crippen molar-refractivity contribution in [3.05, 3.63) is 59.3 Å². The second-order valence-corrected chi connectivity index (χ2v) is 8.01. The molecule has 0 aliphatic carbocycles. The number of nitrogens with one attached hydrogen (secondary N) is 2. The Bertz CT molecular complexity index is 1060. The highest BCUT2D eigenvalue weighted by Gasteiger charge is 2.07. The zero-order valence-corrected chi connectivity index (χ0v) is 16.6. The molecule has 146 valence electrons. The number of hydrogen-bond acceptors (Lipinski definition) is 8. The van der Waals surface area contributed by atoms with Gasteiger partial charge in [-0.2, -0.15) is 4.98 Å². The van der Waals surface area contributed by atoms with Gasteiger partial charge in [0.15, 0.2) is 0 Å². The first-order valence-electron chi connectivity index (χ1n) is 8.08. The maximum absolute atomic E-state index is 11.3. The number of sulfonamides is 1. The number of halogens is 1. The number of aromatic nitrogens is 4. The quantitative estimate of drug-likeness (QED) is 0.598. The highest BCUT2D eigenvalue weighted by Crippen LogP contribution is 2.22. The number of hydrogen-bond donors (Lipinski definition) is 2. The molecule has 1 aromatic carbocycles. The fourth-order valence-corrected chi connectivity index (χ4v) is 2.90. The van der Waals surface area contributed by atoms with Crippen LogP contribution in [0.2, 0.25) is 5.02 Å². The van der Waals surface area contributed by atoms with E-state index in [1.54, 1.807) is 37.3 Å². The number of ether oxygens (including phenoxy) is 1. The summed E-state index contributed by atoms with van der Waals surface area (Å²) >= 11 is 5.77. The molecule has 2 heterocycles. The van der Waals surface area contributed by atoms with Crippen molar-refractivity contribution >= 4 is 33.3 Å². The summed E-state index contributed by atoms with van der Waals surface area (Å²) in [7, 11) is -3.33. The number of anilines is 2. The summed E-state index contributed by atoms with van der Waals surface area (Å²) < 4.78 is 30.6. The fraction of sp³-hybridized carbons (Fsp3) is 0.176. The molecule has 0 aliphatic rings. The van der Waals surface area contributed by atoms with Gasteiger partial charge in [0.1, 0.15) is 11.6 Å². The van der Waals surface area contributed by atoms with E-state index in [-0.39, 0.29) is 0 Å². The standard InChI is InChI=1S/C17H17ClN6O3S/c1-11-22-14(10-21-17-19-8-12(18)9-20-17)7-16(23-11)27-15-5-3-13(4-6-15)24-28(2,25)26/h3-9,24H,10H2,1-2H3,(H,19,20,21). The Kier molecular flexibility index (Phi) is 5.90. The Morgan fingerprint density at radius 1 is 1.11 bits per heavy atom. The van der Waals surface area contributed by atoms with E-state index in [0.29, 0.717) is 46.4 Å². The van der Waals surface area contributed by atoms with Crippen molar-refractivity contribution in [1.82, 2.24) is 19.9 Å². The second-order valence-electron chi connectivity index (χ2n) is 5.82. The van der Waals surface area contributed by atoms with Crippen molar-refractivity contribution in [2.45, 2.75) is 13.5 Å². The molecule has 0 unspecified atom stereocenters. The molecule has 11 heteroatoms. The Hall–Kier alpha value is -2.98. The second kappa shape index (κ2) is 8.36. The Morgan fingerprint density at radius 3 is 2.43 bits per heavy atom. The molecule has 2 aromatic heterocycles. The summed E-state index contributed by atoms with van der Waals surface area (Å²) in [5.41, 5.74) is 1.14. The molecule has 28 heavy (non-hydrogen) atoms. The summed E-state index contributed by atoms with van der Waals surface area (Å²) in [6.45, 7) is 2.13. The third-order valence-corrected chi connectivity index (χ3v) is 4.10. The zero-order chi connectivity index (χ0) is 20.1. The summed E-state index contributed by atoms with van der Waals surface area (Å²) in [4.78, 5) is 16.7. The van der Waals surface area contributed by atoms with Crippen LogP contribution in [0.3, 0.4) is 0 Å². The zero-order valence-electron chi connectivity index (χ0n) is 15.0. The molecule has 0 aliphatic heterocycles. The summed E-state index contributed by atoms with van der Waals surface area (Å²) in [6, 6.07) is 8.18. The van der Waals surface area contributed by atoms with Crippen LogP contribution < -0.4 is 14.8 Å². The van der Waals surface area contributed by atoms with Gasteiger partial charge in [-0.1, -0.05) is 11.6 Å². The molecular formula is C17H17ClN6O3S. The Balaban J connectivity index is 1.68. The summed E-state index contributed by atoms with van der Waals surface area (Å²) in [6.07, 6.45) is 4.09. The van der Waals surface area contributed by atoms with Gasteiger partial charge in [0.05, 0.1) is 35.9 Å². The molecule has 3 rings (SSSR count). The molecular weight excluding hydrogens is 404 g/mol. The lowest BCUT2D eigenvalue weighted by atomic mass is 10.3. The Labute approximate surface area is 167 Å². The first kappa shape index (κ1) is 19.8. The molecule has 0 saturated heterocycles. The molecule has 0 atom stereocenters. The van der Waals surface area contributed by atoms with Crippen molar-refractivity contribution in [3.8, 4) is 11.6 Å². The summed E-state index contributed by atoms with van der Waals surface area (Å²) in [5.74, 6) is 1.85. The third kappa shape index (κ3) is 6.03. The van der Waals surface area contributed by atoms with E-state index in [0.717, 1.165) is 6.26 Å². The van der Waals surface area contributed by atoms with E-state index in [2.05, 4.69) is 30.0 Å². The molecule has 3 aromatic rings. The molecule has 0 saturated carbocycles. The predicted octanol–water partition coefficient (Wildman–Crippen LogP) is 3.00. The van der Waals surface area contributed by atoms with Crippen LogP contribution in [-0.4, -0.2) is 34.6 Å². The average molecular weight is 421 g/mol. The first-order valence-corrected chi connectivity index (χ1v) is 10.4. The van der Waals surface area contributed by atoms with Crippen molar-refractivity contribution in [2.24, 2.45) is 0 Å². The van der Waals surface area contributed by atoms with Crippen LogP contribution >= 0.6 is 11.6 Å². The van der Waals surface area contributed by atoms with E-state index in [1.807, 2.05) is 0 Å². The lowest BCUT2D eigenvalue weighted by Crippen LogP contribution is -2.09. The first-order chi connectivity index (χ1) is 13.3. The lowest BCUT2D eigenvalue weighted by Gasteiger charge is -2.09. The number of aryl methyl sites for hydroxylation is 1. The maximum Gasteiger partial charge on any atom is 0.229 e. The van der Waals surface area contributed by atoms with Crippen LogP contribution in [0.25, 0.3) is 0 Å². The van der Waals surface area contributed by atoms with Gasteiger partial charge in [0, 0.05) is 11.8 Å². The van der Waals surface area contributed by atoms with Crippen LogP contribution in [0.5, 0.6) is 11.6 Å². The molecule has 0 spiro atoms. The van der Waals surface area contributed by atoms with E-state index in [9.17, 15) is 8.42 Å². The van der Waals surface area contributed by atoms with Crippen LogP contribution in [-0.2, 0) is 16.6 Å². The third-order valence-electron chi connectivity index (χ3n) is 3.30. The summed E-state index contributed by atoms with van der Waals surface area (Å²) in [5, 5.41) is 3.50. The molecule has 0 radical (unpaired) electrons. The van der Waals surface area contributed by atoms with Gasteiger partial charge in [-0.05, 0) is 31.2 Å². The van der Waals surface area contributed by atoms with Gasteiger partial charge in [-0.3, -0.25) is 4.72 Å². The van der Waals surface area contributed by atoms with E-state index in [1.165, 1.54) is 12.4 Å². The smallest absolute Gasteiger partial charge is 0.229 e. The highest BCUT2D eigenvalue weighted by atomic mass is 35.5. The average Bonchev–Trinajstić information content (AvgIpc) is 2.61. The largest absolute Gasteiger partial charge is 0.439 e. The molecule has 0 bridgehead atoms. The highest BCUT2D eigenvalue weighted by molar-refractivity contribution is 7.92. The predicted molar refractivity (Wildman–Crippen MR) is 106 cm³/mol. The van der Waals surface area contributed by atoms with Gasteiger partial charge in [0.25, 0.3) is 0 Å². The van der Waals surface area contributed by atoms with Crippen molar-refractivity contribution in [1.29, 1.82) is 0 Å². The van der Waals surface area contributed by atoms with E-state index >= 15 is 0 Å². The minimum Gasteiger partial charge on any atom is -0.439 e. The van der Waals surface area contributed by atoms with E-state index < -0.39 is 10.0 Å². The molecule has 0 amide bonds. The van der Waals surface area contributed by atoms with Crippen LogP contribution in [0, 0.1) is 6.92 Å². The molecule has 0 fully saturated rings. The lowest BCUT2D eigenvalue weighted by molar-refractivity contribution is 0.458. The Morgan fingerprint density at radius 2 is 1.79 bits per heavy atom. The van der Waals surface area contributed by atoms with Crippen LogP contribution in [0.15, 0.2) is 42.7 Å². The molecule has 9 nitrogen and oxygen atoms in total. The van der Waals surface area contributed by atoms with Crippen LogP contribution in [0.4, 0.5) is 11.6 Å². The monoisotopic (exact) mass is 420 g/mol. The fourth-order valence-electron chi connectivity index (χ4n) is 2.24. The van der Waals surface area contributed by atoms with Crippen molar-refractivity contribution in [2.75, 3.05) is 16.3 Å². The topological polar surface area (TPSA) is 119 Å². The number of benzene rings is 1. The number of nitrogens with zero attached hydrogens (tertiary/aromatic N) is 4. The SMILES string of the molecule is Cc1nc(CNc2ncc(Cl)cn2)cc(Oc2ccc(NS(C)(=O)=O)cc2)n1. The van der Waals surface area contributed by atoms with E-state index in [4.69, 9.17) is 16.3 Å². The van der Waals surface area contributed by atoms with Crippen LogP contribution in [0.1, 0.15) is 11.5 Å². The number of rotatable bonds is 7. The van der Waals surface area contributed by atoms with Gasteiger partial charge >= 0.3 is 0 Å². The minimum atomic E-state index is -3.33. The van der Waals surface area contributed by atoms with Gasteiger partial charge in [-0.15, -0.1) is 0 Å². The van der Waals surface area contributed by atoms with Gasteiger partial charge in [-0.25, -0.2) is 23.4 Å².